The number of benzene rings is 2. The third-order valence-electron chi connectivity index (χ3n) is 3.82. The highest BCUT2D eigenvalue weighted by atomic mass is 35.5. The van der Waals surface area contributed by atoms with Gasteiger partial charge in [0.2, 0.25) is 5.91 Å². The Balaban J connectivity index is 1.57. The van der Waals surface area contributed by atoms with E-state index in [9.17, 15) is 23.3 Å². The predicted octanol–water partition coefficient (Wildman–Crippen LogP) is 4.05. The Bertz CT molecular complexity index is 1140. The monoisotopic (exact) mass is 439 g/mol. The van der Waals surface area contributed by atoms with Gasteiger partial charge in [0.05, 0.1) is 25.8 Å². The van der Waals surface area contributed by atoms with E-state index in [4.69, 9.17) is 11.6 Å². The normalized spacial score (nSPS) is 11.5. The third-order valence-corrected chi connectivity index (χ3v) is 6.82. The summed E-state index contributed by atoms with van der Waals surface area (Å²) in [4.78, 5) is 26.7. The number of carbonyl (C=O) groups is 1. The molecule has 28 heavy (non-hydrogen) atoms. The predicted molar refractivity (Wildman–Crippen MR) is 108 cm³/mol. The number of nitrogens with one attached hydrogen (secondary N) is 1. The molecule has 0 spiro atoms. The molecule has 146 valence electrons. The smallest absolute Gasteiger partial charge is 0.270 e. The number of hydrogen-bond donors (Lipinski definition) is 1. The second-order valence-corrected chi connectivity index (χ2v) is 9.43. The molecule has 3 rings (SSSR count). The molecule has 0 bridgehead atoms. The highest BCUT2D eigenvalue weighted by Crippen LogP contribution is 2.29. The van der Waals surface area contributed by atoms with Crippen LogP contribution in [0.5, 0.6) is 0 Å². The second-order valence-electron chi connectivity index (χ2n) is 5.85. The number of non-ortho nitro benzene ring substituents is 1. The van der Waals surface area contributed by atoms with Gasteiger partial charge in [-0.05, 0) is 36.8 Å². The van der Waals surface area contributed by atoms with Gasteiger partial charge in [-0.3, -0.25) is 14.9 Å². The van der Waals surface area contributed by atoms with E-state index in [1.807, 2.05) is 0 Å². The van der Waals surface area contributed by atoms with Gasteiger partial charge >= 0.3 is 0 Å². The summed E-state index contributed by atoms with van der Waals surface area (Å²) in [7, 11) is -3.49. The number of halogens is 1. The van der Waals surface area contributed by atoms with Gasteiger partial charge in [-0.1, -0.05) is 22.9 Å². The number of nitrogens with zero attached hydrogens (tertiary/aromatic N) is 2. The van der Waals surface area contributed by atoms with E-state index >= 15 is 0 Å². The van der Waals surface area contributed by atoms with Crippen molar-refractivity contribution >= 4 is 59.7 Å². The average molecular weight is 440 g/mol. The fraction of sp³-hybridized carbons (Fsp3) is 0.176. The highest BCUT2D eigenvalue weighted by molar-refractivity contribution is 7.91. The Morgan fingerprint density at radius 3 is 2.61 bits per heavy atom. The largest absolute Gasteiger partial charge is 0.302 e. The zero-order valence-corrected chi connectivity index (χ0v) is 16.7. The molecule has 0 aliphatic heterocycles. The molecule has 0 fully saturated rings. The number of rotatable bonds is 7. The molecule has 1 aromatic heterocycles. The number of aromatic nitrogens is 1. The number of thiazole rings is 1. The maximum absolute atomic E-state index is 12.2. The molecule has 0 saturated heterocycles. The quantitative estimate of drug-likeness (QED) is 0.438. The van der Waals surface area contributed by atoms with Crippen LogP contribution in [0.1, 0.15) is 12.8 Å². The van der Waals surface area contributed by atoms with Crippen molar-refractivity contribution in [1.29, 1.82) is 0 Å². The molecular weight excluding hydrogens is 426 g/mol. The van der Waals surface area contributed by atoms with Crippen LogP contribution in [0, 0.1) is 10.1 Å². The molecule has 0 saturated carbocycles. The summed E-state index contributed by atoms with van der Waals surface area (Å²) in [6.07, 6.45) is 0.149. The fourth-order valence-electron chi connectivity index (χ4n) is 2.44. The van der Waals surface area contributed by atoms with Crippen molar-refractivity contribution in [2.75, 3.05) is 11.1 Å². The number of hydrogen-bond acceptors (Lipinski definition) is 7. The lowest BCUT2D eigenvalue weighted by Crippen LogP contribution is -2.14. The van der Waals surface area contributed by atoms with Crippen LogP contribution in [0.2, 0.25) is 5.02 Å². The zero-order chi connectivity index (χ0) is 20.3. The van der Waals surface area contributed by atoms with Crippen molar-refractivity contribution in [3.8, 4) is 0 Å². The van der Waals surface area contributed by atoms with Crippen molar-refractivity contribution in [2.24, 2.45) is 0 Å². The van der Waals surface area contributed by atoms with E-state index in [0.717, 1.165) is 11.3 Å². The van der Waals surface area contributed by atoms with Gasteiger partial charge in [-0.15, -0.1) is 0 Å². The first kappa shape index (κ1) is 20.2. The van der Waals surface area contributed by atoms with E-state index in [0.29, 0.717) is 20.4 Å². The summed E-state index contributed by atoms with van der Waals surface area (Å²) in [6.45, 7) is 0. The van der Waals surface area contributed by atoms with E-state index in [-0.39, 0.29) is 35.1 Å². The van der Waals surface area contributed by atoms with Gasteiger partial charge in [0, 0.05) is 23.6 Å². The summed E-state index contributed by atoms with van der Waals surface area (Å²) in [5.74, 6) is -0.548. The molecule has 3 aromatic rings. The van der Waals surface area contributed by atoms with Crippen LogP contribution in [-0.4, -0.2) is 30.0 Å². The van der Waals surface area contributed by atoms with Crippen LogP contribution < -0.4 is 5.32 Å². The Morgan fingerprint density at radius 1 is 1.21 bits per heavy atom. The SMILES string of the molecule is O=C(CCCS(=O)(=O)c1ccc(Cl)cc1)Nc1nc2ccc([N+](=O)[O-])cc2s1. The van der Waals surface area contributed by atoms with Gasteiger partial charge in [-0.2, -0.15) is 0 Å². The number of amides is 1. The molecule has 0 radical (unpaired) electrons. The summed E-state index contributed by atoms with van der Waals surface area (Å²) < 4.78 is 25.1. The van der Waals surface area contributed by atoms with Crippen LogP contribution in [0.25, 0.3) is 10.2 Å². The average Bonchev–Trinajstić information content (AvgIpc) is 3.03. The standard InChI is InChI=1S/C17H14ClN3O5S2/c18-11-3-6-13(7-4-11)28(25,26)9-1-2-16(22)20-17-19-14-8-5-12(21(23)24)10-15(14)27-17/h3-8,10H,1-2,9H2,(H,19,20,22). The first-order chi connectivity index (χ1) is 13.2. The van der Waals surface area contributed by atoms with Crippen LogP contribution in [0.4, 0.5) is 10.8 Å². The Kier molecular flexibility index (Phi) is 5.92. The number of anilines is 1. The molecule has 0 aliphatic rings. The molecule has 1 heterocycles. The lowest BCUT2D eigenvalue weighted by Gasteiger charge is -2.05. The van der Waals surface area contributed by atoms with Gasteiger partial charge in [0.25, 0.3) is 5.69 Å². The lowest BCUT2D eigenvalue weighted by atomic mass is 10.3. The molecule has 0 atom stereocenters. The van der Waals surface area contributed by atoms with Gasteiger partial charge in [0.1, 0.15) is 0 Å². The maximum Gasteiger partial charge on any atom is 0.270 e. The molecule has 1 amide bonds. The third kappa shape index (κ3) is 4.83. The second kappa shape index (κ2) is 8.21. The molecule has 0 aliphatic carbocycles. The number of sulfone groups is 1. The molecule has 1 N–H and O–H groups in total. The minimum absolute atomic E-state index is 0.00287. The minimum Gasteiger partial charge on any atom is -0.302 e. The lowest BCUT2D eigenvalue weighted by molar-refractivity contribution is -0.384. The fourth-order valence-corrected chi connectivity index (χ4v) is 4.80. The van der Waals surface area contributed by atoms with E-state index in [1.165, 1.54) is 42.5 Å². The molecule has 0 unspecified atom stereocenters. The van der Waals surface area contributed by atoms with Crippen molar-refractivity contribution < 1.29 is 18.1 Å². The number of nitro benzene ring substituents is 1. The van der Waals surface area contributed by atoms with E-state index in [2.05, 4.69) is 10.3 Å². The van der Waals surface area contributed by atoms with Crippen molar-refractivity contribution in [3.05, 3.63) is 57.6 Å². The van der Waals surface area contributed by atoms with Crippen LogP contribution in [0.3, 0.4) is 0 Å². The number of fused-ring (bicyclic) bond motifs is 1. The summed E-state index contributed by atoms with van der Waals surface area (Å²) >= 11 is 6.87. The van der Waals surface area contributed by atoms with Crippen molar-refractivity contribution in [1.82, 2.24) is 4.98 Å². The van der Waals surface area contributed by atoms with Gasteiger partial charge in [-0.25, -0.2) is 13.4 Å². The molecule has 8 nitrogen and oxygen atoms in total. The summed E-state index contributed by atoms with van der Waals surface area (Å²) in [5.41, 5.74) is 0.484. The highest BCUT2D eigenvalue weighted by Gasteiger charge is 2.16. The van der Waals surface area contributed by atoms with Crippen molar-refractivity contribution in [2.45, 2.75) is 17.7 Å². The first-order valence-electron chi connectivity index (χ1n) is 8.08. The van der Waals surface area contributed by atoms with Crippen LogP contribution in [0.15, 0.2) is 47.4 Å². The Labute approximate surface area is 169 Å². The van der Waals surface area contributed by atoms with Crippen LogP contribution >= 0.6 is 22.9 Å². The van der Waals surface area contributed by atoms with E-state index in [1.54, 1.807) is 0 Å². The zero-order valence-electron chi connectivity index (χ0n) is 14.3. The van der Waals surface area contributed by atoms with Crippen molar-refractivity contribution in [3.63, 3.8) is 0 Å². The molecular formula is C17H14ClN3O5S2. The molecule has 2 aromatic carbocycles. The minimum atomic E-state index is -3.49. The maximum atomic E-state index is 12.2. The summed E-state index contributed by atoms with van der Waals surface area (Å²) in [6, 6.07) is 10.1. The Morgan fingerprint density at radius 2 is 1.93 bits per heavy atom. The summed E-state index contributed by atoms with van der Waals surface area (Å²) in [5, 5.41) is 14.2. The Hall–Kier alpha value is -2.56. The topological polar surface area (TPSA) is 119 Å². The van der Waals surface area contributed by atoms with Crippen LogP contribution in [-0.2, 0) is 14.6 Å². The van der Waals surface area contributed by atoms with Gasteiger partial charge in [0.15, 0.2) is 15.0 Å². The molecule has 11 heteroatoms. The first-order valence-corrected chi connectivity index (χ1v) is 10.9. The van der Waals surface area contributed by atoms with Gasteiger partial charge < -0.3 is 5.32 Å². The number of nitro groups is 1. The van der Waals surface area contributed by atoms with E-state index < -0.39 is 14.8 Å². The number of carbonyl (C=O) groups excluding carboxylic acids is 1.